The summed E-state index contributed by atoms with van der Waals surface area (Å²) in [5.74, 6) is 0. The third-order valence-corrected chi connectivity index (χ3v) is 4.32. The van der Waals surface area contributed by atoms with E-state index in [4.69, 9.17) is 0 Å². The van der Waals surface area contributed by atoms with Crippen molar-refractivity contribution in [3.05, 3.63) is 54.2 Å². The molecule has 22 heavy (non-hydrogen) atoms. The number of rotatable bonds is 7. The Bertz CT molecular complexity index is 673. The lowest BCUT2D eigenvalue weighted by Crippen LogP contribution is -1.88. The van der Waals surface area contributed by atoms with E-state index in [9.17, 15) is 20.2 Å². The highest BCUT2D eigenvalue weighted by molar-refractivity contribution is 7.17. The monoisotopic (exact) mass is 338 g/mol. The van der Waals surface area contributed by atoms with Crippen molar-refractivity contribution >= 4 is 45.1 Å². The van der Waals surface area contributed by atoms with Gasteiger partial charge < -0.3 is 0 Å². The van der Waals surface area contributed by atoms with Gasteiger partial charge in [-0.15, -0.1) is 0 Å². The van der Waals surface area contributed by atoms with E-state index in [1.54, 1.807) is 24.6 Å². The smallest absolute Gasteiger partial charge is 0.290 e. The summed E-state index contributed by atoms with van der Waals surface area (Å²) in [6.07, 6.45) is 3.15. The molecule has 0 aliphatic heterocycles. The van der Waals surface area contributed by atoms with Gasteiger partial charge in [0.25, 0.3) is 0 Å². The fourth-order valence-electron chi connectivity index (χ4n) is 1.44. The van der Waals surface area contributed by atoms with E-state index in [2.05, 4.69) is 9.98 Å². The van der Waals surface area contributed by atoms with Crippen molar-refractivity contribution < 1.29 is 9.85 Å². The van der Waals surface area contributed by atoms with Crippen molar-refractivity contribution in [3.8, 4) is 0 Å². The first-order valence-corrected chi connectivity index (χ1v) is 7.67. The Balaban J connectivity index is 1.78. The van der Waals surface area contributed by atoms with Gasteiger partial charge in [0.1, 0.15) is 0 Å². The Morgan fingerprint density at radius 2 is 1.27 bits per heavy atom. The molecule has 0 aliphatic carbocycles. The van der Waals surface area contributed by atoms with Gasteiger partial charge in [-0.05, 0) is 12.1 Å². The average molecular weight is 338 g/mol. The lowest BCUT2D eigenvalue weighted by atomic mass is 10.5. The lowest BCUT2D eigenvalue weighted by Gasteiger charge is -1.88. The highest BCUT2D eigenvalue weighted by Crippen LogP contribution is 2.23. The molecule has 2 heterocycles. The van der Waals surface area contributed by atoms with Crippen molar-refractivity contribution in [1.29, 1.82) is 0 Å². The van der Waals surface area contributed by atoms with Crippen molar-refractivity contribution in [2.24, 2.45) is 9.98 Å². The molecule has 0 aliphatic rings. The molecule has 0 aromatic carbocycles. The molecule has 0 bridgehead atoms. The van der Waals surface area contributed by atoms with Crippen molar-refractivity contribution in [3.63, 3.8) is 0 Å². The van der Waals surface area contributed by atoms with Gasteiger partial charge in [-0.3, -0.25) is 30.2 Å². The molecule has 0 saturated carbocycles. The molecule has 8 nitrogen and oxygen atoms in total. The first-order valence-electron chi connectivity index (χ1n) is 6.04. The molecule has 0 saturated heterocycles. The van der Waals surface area contributed by atoms with Crippen LogP contribution in [0.5, 0.6) is 0 Å². The zero-order chi connectivity index (χ0) is 15.9. The van der Waals surface area contributed by atoms with Crippen LogP contribution in [0.3, 0.4) is 0 Å². The number of nitro groups is 2. The van der Waals surface area contributed by atoms with Crippen LogP contribution in [0.1, 0.15) is 9.75 Å². The van der Waals surface area contributed by atoms with E-state index >= 15 is 0 Å². The van der Waals surface area contributed by atoms with Crippen LogP contribution in [0.15, 0.2) is 34.3 Å². The number of aliphatic imine (C=N–C) groups is 2. The second-order valence-corrected chi connectivity index (χ2v) is 6.12. The average Bonchev–Trinajstić information content (AvgIpc) is 3.12. The normalized spacial score (nSPS) is 11.5. The number of nitrogens with zero attached hydrogens (tertiary/aromatic N) is 4. The minimum atomic E-state index is -0.438. The minimum Gasteiger partial charge on any atom is -0.290 e. The van der Waals surface area contributed by atoms with E-state index < -0.39 is 9.85 Å². The van der Waals surface area contributed by atoms with Gasteiger partial charge >= 0.3 is 10.0 Å². The van der Waals surface area contributed by atoms with Gasteiger partial charge in [0.05, 0.1) is 32.7 Å². The van der Waals surface area contributed by atoms with Crippen LogP contribution in [0.25, 0.3) is 0 Å². The molecule has 2 aromatic heterocycles. The summed E-state index contributed by atoms with van der Waals surface area (Å²) in [5, 5.41) is 21.2. The largest absolute Gasteiger partial charge is 0.324 e. The van der Waals surface area contributed by atoms with Crippen LogP contribution in [0.4, 0.5) is 10.0 Å². The summed E-state index contributed by atoms with van der Waals surface area (Å²) in [6.45, 7) is 0.880. The SMILES string of the molecule is O=[N+]([O-])c1ccc(C=NCCN=Cc2ccc([N+](=O)[O-])s2)s1. The van der Waals surface area contributed by atoms with Crippen LogP contribution < -0.4 is 0 Å². The molecule has 0 N–H and O–H groups in total. The molecule has 0 unspecified atom stereocenters. The fraction of sp³-hybridized carbons (Fsp3) is 0.167. The molecular formula is C12H10N4O4S2. The van der Waals surface area contributed by atoms with Gasteiger partial charge in [0, 0.05) is 24.6 Å². The van der Waals surface area contributed by atoms with E-state index in [-0.39, 0.29) is 10.0 Å². The quantitative estimate of drug-likeness (QED) is 0.334. The zero-order valence-corrected chi connectivity index (χ0v) is 12.7. The van der Waals surface area contributed by atoms with Crippen LogP contribution >= 0.6 is 22.7 Å². The van der Waals surface area contributed by atoms with E-state index in [0.717, 1.165) is 22.7 Å². The molecule has 10 heteroatoms. The van der Waals surface area contributed by atoms with E-state index in [0.29, 0.717) is 22.8 Å². The van der Waals surface area contributed by atoms with E-state index in [1.807, 2.05) is 0 Å². The Hall–Kier alpha value is -2.46. The molecule has 0 fully saturated rings. The summed E-state index contributed by atoms with van der Waals surface area (Å²) < 4.78 is 0. The summed E-state index contributed by atoms with van der Waals surface area (Å²) in [4.78, 5) is 29.8. The Morgan fingerprint density at radius 1 is 0.864 bits per heavy atom. The third kappa shape index (κ3) is 4.53. The second kappa shape index (κ2) is 7.52. The minimum absolute atomic E-state index is 0.0822. The maximum Gasteiger partial charge on any atom is 0.324 e. The fourth-order valence-corrected chi connectivity index (χ4v) is 2.87. The van der Waals surface area contributed by atoms with Gasteiger partial charge in [-0.2, -0.15) is 0 Å². The maximum atomic E-state index is 10.5. The molecule has 0 spiro atoms. The highest BCUT2D eigenvalue weighted by Gasteiger charge is 2.08. The lowest BCUT2D eigenvalue weighted by molar-refractivity contribution is -0.380. The molecule has 0 amide bonds. The van der Waals surface area contributed by atoms with Crippen molar-refractivity contribution in [2.75, 3.05) is 13.1 Å². The van der Waals surface area contributed by atoms with Crippen LogP contribution in [-0.4, -0.2) is 35.4 Å². The molecule has 0 atom stereocenters. The third-order valence-electron chi connectivity index (χ3n) is 2.38. The summed E-state index contributed by atoms with van der Waals surface area (Å²) >= 11 is 2.12. The maximum absolute atomic E-state index is 10.5. The van der Waals surface area contributed by atoms with Gasteiger partial charge in [0.2, 0.25) is 0 Å². The Kier molecular flexibility index (Phi) is 5.44. The zero-order valence-electron chi connectivity index (χ0n) is 11.1. The highest BCUT2D eigenvalue weighted by atomic mass is 32.1. The van der Waals surface area contributed by atoms with Gasteiger partial charge in [-0.1, -0.05) is 22.7 Å². The second-order valence-electron chi connectivity index (χ2n) is 3.94. The number of thiophene rings is 2. The molecular weight excluding hydrogens is 328 g/mol. The molecule has 2 rings (SSSR count). The Morgan fingerprint density at radius 3 is 1.59 bits per heavy atom. The first-order chi connectivity index (χ1) is 10.6. The predicted octanol–water partition coefficient (Wildman–Crippen LogP) is 3.16. The van der Waals surface area contributed by atoms with E-state index in [1.165, 1.54) is 12.1 Å². The van der Waals surface area contributed by atoms with Crippen LogP contribution in [0.2, 0.25) is 0 Å². The Labute approximate surface area is 132 Å². The molecule has 0 radical (unpaired) electrons. The molecule has 2 aromatic rings. The van der Waals surface area contributed by atoms with Crippen LogP contribution in [0, 0.1) is 20.2 Å². The topological polar surface area (TPSA) is 111 Å². The number of hydrogen-bond donors (Lipinski definition) is 0. The summed E-state index contributed by atoms with van der Waals surface area (Å²) in [5.41, 5.74) is 0. The first kappa shape index (κ1) is 15.9. The van der Waals surface area contributed by atoms with Gasteiger partial charge in [0.15, 0.2) is 0 Å². The van der Waals surface area contributed by atoms with Crippen molar-refractivity contribution in [2.45, 2.75) is 0 Å². The standard InChI is InChI=1S/C12H10N4O4S2/c17-15(18)11-3-1-9(21-11)7-13-5-6-14-8-10-2-4-12(22-10)16(19)20/h1-4,7-8H,5-6H2. The number of hydrogen-bond acceptors (Lipinski definition) is 8. The molecule has 114 valence electrons. The summed E-state index contributed by atoms with van der Waals surface area (Å²) in [7, 11) is 0. The van der Waals surface area contributed by atoms with Crippen LogP contribution in [-0.2, 0) is 0 Å². The van der Waals surface area contributed by atoms with Crippen molar-refractivity contribution in [1.82, 2.24) is 0 Å². The summed E-state index contributed by atoms with van der Waals surface area (Å²) in [6, 6.07) is 6.16. The predicted molar refractivity (Wildman–Crippen MR) is 86.9 cm³/mol. The van der Waals surface area contributed by atoms with Gasteiger partial charge in [-0.25, -0.2) is 0 Å².